The van der Waals surface area contributed by atoms with E-state index in [9.17, 15) is 24.3 Å². The van der Waals surface area contributed by atoms with Gasteiger partial charge in [0.25, 0.3) is 11.8 Å². The molecule has 1 aromatic carbocycles. The normalized spacial score (nSPS) is 25.2. The molecule has 1 heterocycles. The number of benzene rings is 1. The minimum atomic E-state index is -0.941. The molecule has 26 heavy (non-hydrogen) atoms. The highest BCUT2D eigenvalue weighted by atomic mass is 16.4. The Bertz CT molecular complexity index is 803. The maximum Gasteiger partial charge on any atom is 0.308 e. The van der Waals surface area contributed by atoms with Crippen molar-refractivity contribution in [2.75, 3.05) is 6.54 Å². The van der Waals surface area contributed by atoms with Crippen LogP contribution < -0.4 is 5.32 Å². The number of carboxylic acids is 1. The lowest BCUT2D eigenvalue weighted by Gasteiger charge is -2.40. The fourth-order valence-electron chi connectivity index (χ4n) is 3.93. The molecule has 1 saturated carbocycles. The molecule has 0 radical (unpaired) electrons. The van der Waals surface area contributed by atoms with E-state index in [0.717, 1.165) is 23.3 Å². The van der Waals surface area contributed by atoms with Crippen molar-refractivity contribution in [3.8, 4) is 0 Å². The van der Waals surface area contributed by atoms with Crippen molar-refractivity contribution < 1.29 is 24.3 Å². The summed E-state index contributed by atoms with van der Waals surface area (Å²) in [5.74, 6) is -3.13. The third-order valence-corrected chi connectivity index (χ3v) is 5.36. The summed E-state index contributed by atoms with van der Waals surface area (Å²) in [6, 6.07) is 4.97. The number of carbonyl (C=O) groups excluding carboxylic acids is 3. The van der Waals surface area contributed by atoms with Crippen LogP contribution in [-0.2, 0) is 9.59 Å². The topological polar surface area (TPSA) is 104 Å². The van der Waals surface area contributed by atoms with E-state index in [1.54, 1.807) is 25.1 Å². The monoisotopic (exact) mass is 358 g/mol. The summed E-state index contributed by atoms with van der Waals surface area (Å²) >= 11 is 0. The number of fused-ring (bicyclic) bond motifs is 1. The Labute approximate surface area is 151 Å². The van der Waals surface area contributed by atoms with Gasteiger partial charge in [0.05, 0.1) is 22.6 Å². The lowest BCUT2D eigenvalue weighted by molar-refractivity contribution is -0.146. The number of aliphatic carboxylic acids is 1. The zero-order valence-electron chi connectivity index (χ0n) is 14.9. The lowest BCUT2D eigenvalue weighted by Crippen LogP contribution is -2.57. The van der Waals surface area contributed by atoms with Crippen molar-refractivity contribution in [1.82, 2.24) is 10.2 Å². The Morgan fingerprint density at radius 1 is 1.23 bits per heavy atom. The van der Waals surface area contributed by atoms with E-state index in [4.69, 9.17) is 0 Å². The van der Waals surface area contributed by atoms with Crippen LogP contribution >= 0.6 is 0 Å². The molecule has 0 bridgehead atoms. The quantitative estimate of drug-likeness (QED) is 0.798. The van der Waals surface area contributed by atoms with Gasteiger partial charge < -0.3 is 10.4 Å². The average molecular weight is 358 g/mol. The smallest absolute Gasteiger partial charge is 0.308 e. The van der Waals surface area contributed by atoms with Gasteiger partial charge in [-0.15, -0.1) is 0 Å². The van der Waals surface area contributed by atoms with Crippen LogP contribution in [0.4, 0.5) is 0 Å². The Balaban J connectivity index is 1.73. The van der Waals surface area contributed by atoms with E-state index in [0.29, 0.717) is 24.0 Å². The number of carbonyl (C=O) groups is 4. The molecule has 0 aromatic heterocycles. The maximum atomic E-state index is 12.5. The van der Waals surface area contributed by atoms with Crippen molar-refractivity contribution in [2.45, 2.75) is 45.1 Å². The van der Waals surface area contributed by atoms with Crippen LogP contribution in [0.1, 0.15) is 58.9 Å². The average Bonchev–Trinajstić information content (AvgIpc) is 2.79. The van der Waals surface area contributed by atoms with Crippen LogP contribution in [0.2, 0.25) is 0 Å². The predicted molar refractivity (Wildman–Crippen MR) is 92.7 cm³/mol. The van der Waals surface area contributed by atoms with E-state index in [2.05, 4.69) is 5.32 Å². The van der Waals surface area contributed by atoms with Crippen LogP contribution in [0, 0.1) is 12.8 Å². The van der Waals surface area contributed by atoms with Gasteiger partial charge in [0, 0.05) is 0 Å². The Kier molecular flexibility index (Phi) is 4.56. The van der Waals surface area contributed by atoms with Gasteiger partial charge in [-0.3, -0.25) is 24.1 Å². The van der Waals surface area contributed by atoms with Gasteiger partial charge in [0.15, 0.2) is 0 Å². The first-order chi connectivity index (χ1) is 12.2. The Hall–Kier alpha value is -2.70. The van der Waals surface area contributed by atoms with E-state index >= 15 is 0 Å². The van der Waals surface area contributed by atoms with E-state index < -0.39 is 41.7 Å². The second-order valence-corrected chi connectivity index (χ2v) is 7.35. The first kappa shape index (κ1) is 18.1. The number of amides is 3. The van der Waals surface area contributed by atoms with Gasteiger partial charge in [-0.25, -0.2) is 0 Å². The third-order valence-electron chi connectivity index (χ3n) is 5.36. The molecule has 138 valence electrons. The Morgan fingerprint density at radius 2 is 1.92 bits per heavy atom. The molecular weight excluding hydrogens is 336 g/mol. The number of imide groups is 1. The third kappa shape index (κ3) is 3.09. The molecule has 1 aromatic rings. The second-order valence-electron chi connectivity index (χ2n) is 7.35. The number of hydrogen-bond acceptors (Lipinski definition) is 4. The van der Waals surface area contributed by atoms with Crippen LogP contribution in [0.15, 0.2) is 18.2 Å². The molecule has 0 spiro atoms. The highest BCUT2D eigenvalue weighted by molar-refractivity contribution is 6.22. The van der Waals surface area contributed by atoms with E-state index in [1.807, 2.05) is 6.92 Å². The van der Waals surface area contributed by atoms with Crippen molar-refractivity contribution >= 4 is 23.7 Å². The zero-order chi connectivity index (χ0) is 19.1. The molecular formula is C19H22N2O5. The Morgan fingerprint density at radius 3 is 2.62 bits per heavy atom. The summed E-state index contributed by atoms with van der Waals surface area (Å²) < 4.78 is 0. The summed E-state index contributed by atoms with van der Waals surface area (Å²) in [5, 5.41) is 12.2. The van der Waals surface area contributed by atoms with Gasteiger partial charge in [0.1, 0.15) is 6.54 Å². The van der Waals surface area contributed by atoms with Crippen LogP contribution in [0.25, 0.3) is 0 Å². The standard InChI is InChI=1S/C19H22N2O5/c1-11-6-7-12-13(9-11)17(24)21(16(12)23)10-15(22)20-19(2)8-4-3-5-14(19)18(25)26/h6-7,9,14H,3-5,8,10H2,1-2H3,(H,20,22)(H,25,26). The summed E-state index contributed by atoms with van der Waals surface area (Å²) in [4.78, 5) is 49.8. The largest absolute Gasteiger partial charge is 0.481 e. The molecule has 2 N–H and O–H groups in total. The number of nitrogens with one attached hydrogen (secondary N) is 1. The molecule has 2 aliphatic rings. The van der Waals surface area contributed by atoms with Gasteiger partial charge in [-0.05, 0) is 38.8 Å². The molecule has 1 aliphatic heterocycles. The van der Waals surface area contributed by atoms with Gasteiger partial charge in [-0.1, -0.05) is 24.5 Å². The zero-order valence-corrected chi connectivity index (χ0v) is 14.9. The maximum absolute atomic E-state index is 12.5. The van der Waals surface area contributed by atoms with Crippen molar-refractivity contribution in [3.05, 3.63) is 34.9 Å². The molecule has 0 saturated heterocycles. The highest BCUT2D eigenvalue weighted by Crippen LogP contribution is 2.34. The summed E-state index contributed by atoms with van der Waals surface area (Å²) in [6.07, 6.45) is 2.68. The first-order valence-corrected chi connectivity index (χ1v) is 8.73. The van der Waals surface area contributed by atoms with Crippen LogP contribution in [0.5, 0.6) is 0 Å². The number of nitrogens with zero attached hydrogens (tertiary/aromatic N) is 1. The molecule has 7 nitrogen and oxygen atoms in total. The molecule has 2 unspecified atom stereocenters. The van der Waals surface area contributed by atoms with E-state index in [1.165, 1.54) is 0 Å². The lowest BCUT2D eigenvalue weighted by atomic mass is 9.74. The summed E-state index contributed by atoms with van der Waals surface area (Å²) in [7, 11) is 0. The fourth-order valence-corrected chi connectivity index (χ4v) is 3.93. The molecule has 1 aliphatic carbocycles. The molecule has 1 fully saturated rings. The summed E-state index contributed by atoms with van der Waals surface area (Å²) in [5.41, 5.74) is 0.571. The van der Waals surface area contributed by atoms with Crippen molar-refractivity contribution in [1.29, 1.82) is 0 Å². The SMILES string of the molecule is Cc1ccc2c(c1)C(=O)N(CC(=O)NC1(C)CCCCC1C(=O)O)C2=O. The number of aryl methyl sites for hydroxylation is 1. The van der Waals surface area contributed by atoms with Gasteiger partial charge in [-0.2, -0.15) is 0 Å². The van der Waals surface area contributed by atoms with Crippen molar-refractivity contribution in [2.24, 2.45) is 5.92 Å². The minimum Gasteiger partial charge on any atom is -0.481 e. The second kappa shape index (κ2) is 6.55. The van der Waals surface area contributed by atoms with Crippen molar-refractivity contribution in [3.63, 3.8) is 0 Å². The molecule has 3 rings (SSSR count). The first-order valence-electron chi connectivity index (χ1n) is 8.73. The number of carboxylic acid groups (broad SMARTS) is 1. The highest BCUT2D eigenvalue weighted by Gasteiger charge is 2.43. The van der Waals surface area contributed by atoms with E-state index in [-0.39, 0.29) is 0 Å². The summed E-state index contributed by atoms with van der Waals surface area (Å²) in [6.45, 7) is 3.13. The molecule has 2 atom stereocenters. The number of rotatable bonds is 4. The number of hydrogen-bond donors (Lipinski definition) is 2. The van der Waals surface area contributed by atoms with Crippen LogP contribution in [-0.4, -0.2) is 45.8 Å². The predicted octanol–water partition coefficient (Wildman–Crippen LogP) is 1.74. The molecule has 7 heteroatoms. The molecule has 3 amide bonds. The van der Waals surface area contributed by atoms with Crippen LogP contribution in [0.3, 0.4) is 0 Å². The minimum absolute atomic E-state index is 0.292. The van der Waals surface area contributed by atoms with Gasteiger partial charge >= 0.3 is 5.97 Å². The fraction of sp³-hybridized carbons (Fsp3) is 0.474. The van der Waals surface area contributed by atoms with Gasteiger partial charge in [0.2, 0.25) is 5.91 Å².